The smallest absolute Gasteiger partial charge is 0.274 e. The Bertz CT molecular complexity index is 1250. The van der Waals surface area contributed by atoms with E-state index in [2.05, 4.69) is 10.3 Å². The molecule has 0 fully saturated rings. The molecule has 0 atom stereocenters. The Morgan fingerprint density at radius 1 is 1.03 bits per heavy atom. The van der Waals surface area contributed by atoms with E-state index in [0.717, 1.165) is 17.0 Å². The number of amides is 1. The number of fused-ring (bicyclic) bond motifs is 1. The summed E-state index contributed by atoms with van der Waals surface area (Å²) in [6.07, 6.45) is 0. The molecule has 0 aliphatic heterocycles. The Labute approximate surface area is 166 Å². The first-order chi connectivity index (χ1) is 14.0. The van der Waals surface area contributed by atoms with Crippen molar-refractivity contribution < 1.29 is 9.72 Å². The number of benzene rings is 3. The molecule has 0 aliphatic carbocycles. The molecule has 1 heterocycles. The second kappa shape index (κ2) is 7.20. The van der Waals surface area contributed by atoms with Gasteiger partial charge in [-0.25, -0.2) is 4.98 Å². The quantitative estimate of drug-likeness (QED) is 0.403. The molecule has 0 saturated heterocycles. The van der Waals surface area contributed by atoms with Crippen molar-refractivity contribution in [1.82, 2.24) is 9.55 Å². The Kier molecular flexibility index (Phi) is 4.56. The second-order valence-electron chi connectivity index (χ2n) is 6.69. The topological polar surface area (TPSA) is 90.1 Å². The summed E-state index contributed by atoms with van der Waals surface area (Å²) in [6.45, 7) is 3.53. The van der Waals surface area contributed by atoms with Gasteiger partial charge in [0.25, 0.3) is 11.6 Å². The fraction of sp³-hybridized carbons (Fsp3) is 0.0909. The summed E-state index contributed by atoms with van der Waals surface area (Å²) in [7, 11) is 0. The zero-order valence-corrected chi connectivity index (χ0v) is 15.9. The van der Waals surface area contributed by atoms with E-state index in [4.69, 9.17) is 0 Å². The van der Waals surface area contributed by atoms with Crippen LogP contribution in [0.5, 0.6) is 0 Å². The minimum absolute atomic E-state index is 0.0320. The third-order valence-electron chi connectivity index (χ3n) is 4.85. The summed E-state index contributed by atoms with van der Waals surface area (Å²) in [5.41, 5.74) is 3.83. The van der Waals surface area contributed by atoms with Gasteiger partial charge in [-0.15, -0.1) is 0 Å². The van der Waals surface area contributed by atoms with Crippen LogP contribution in [0.15, 0.2) is 66.7 Å². The Morgan fingerprint density at radius 3 is 2.52 bits per heavy atom. The molecule has 0 aliphatic rings. The van der Waals surface area contributed by atoms with Crippen molar-refractivity contribution in [2.75, 3.05) is 5.32 Å². The molecule has 0 bridgehead atoms. The van der Waals surface area contributed by atoms with Gasteiger partial charge in [-0.1, -0.05) is 24.3 Å². The number of hydrogen-bond donors (Lipinski definition) is 1. The molecule has 7 heteroatoms. The average Bonchev–Trinajstić information content (AvgIpc) is 3.04. The van der Waals surface area contributed by atoms with Gasteiger partial charge in [-0.05, 0) is 50.2 Å². The van der Waals surface area contributed by atoms with Gasteiger partial charge >= 0.3 is 0 Å². The minimum Gasteiger partial charge on any atom is -0.321 e. The molecule has 0 saturated carbocycles. The number of carbonyl (C=O) groups excluding carboxylic acids is 1. The highest BCUT2D eigenvalue weighted by molar-refractivity contribution is 6.06. The normalized spacial score (nSPS) is 10.8. The zero-order chi connectivity index (χ0) is 20.5. The maximum atomic E-state index is 12.7. The van der Waals surface area contributed by atoms with Crippen LogP contribution >= 0.6 is 0 Å². The lowest BCUT2D eigenvalue weighted by molar-refractivity contribution is -0.385. The van der Waals surface area contributed by atoms with Crippen LogP contribution in [0.3, 0.4) is 0 Å². The van der Waals surface area contributed by atoms with Crippen LogP contribution in [-0.4, -0.2) is 20.4 Å². The van der Waals surface area contributed by atoms with Crippen molar-refractivity contribution in [3.8, 4) is 5.69 Å². The summed E-state index contributed by atoms with van der Waals surface area (Å²) in [5, 5.41) is 13.9. The number of para-hydroxylation sites is 1. The zero-order valence-electron chi connectivity index (χ0n) is 15.9. The fourth-order valence-electron chi connectivity index (χ4n) is 3.40. The molecule has 0 radical (unpaired) electrons. The maximum absolute atomic E-state index is 12.7. The van der Waals surface area contributed by atoms with Crippen LogP contribution in [0.25, 0.3) is 16.7 Å². The second-order valence-corrected chi connectivity index (χ2v) is 6.69. The average molecular weight is 386 g/mol. The summed E-state index contributed by atoms with van der Waals surface area (Å²) < 4.78 is 2.03. The number of carbonyl (C=O) groups is 1. The number of nitro benzene ring substituents is 1. The monoisotopic (exact) mass is 386 g/mol. The van der Waals surface area contributed by atoms with Gasteiger partial charge in [-0.2, -0.15) is 0 Å². The van der Waals surface area contributed by atoms with Crippen molar-refractivity contribution in [2.45, 2.75) is 13.8 Å². The SMILES string of the molecule is Cc1c(NC(=O)c2ccc3c(c2)nc(C)n3-c2ccccc2)cccc1[N+](=O)[O-]. The predicted molar refractivity (Wildman–Crippen MR) is 112 cm³/mol. The van der Waals surface area contributed by atoms with Crippen molar-refractivity contribution in [2.24, 2.45) is 0 Å². The number of rotatable bonds is 4. The molecule has 3 aromatic carbocycles. The largest absolute Gasteiger partial charge is 0.321 e. The molecule has 4 aromatic rings. The highest BCUT2D eigenvalue weighted by Crippen LogP contribution is 2.26. The summed E-state index contributed by atoms with van der Waals surface area (Å²) in [4.78, 5) is 28.0. The molecule has 1 aromatic heterocycles. The van der Waals surface area contributed by atoms with E-state index in [1.54, 1.807) is 31.2 Å². The van der Waals surface area contributed by atoms with E-state index < -0.39 is 4.92 Å². The van der Waals surface area contributed by atoms with Crippen molar-refractivity contribution in [3.05, 3.63) is 93.8 Å². The molecule has 144 valence electrons. The van der Waals surface area contributed by atoms with Gasteiger partial charge in [0.1, 0.15) is 5.82 Å². The number of nitrogens with one attached hydrogen (secondary N) is 1. The Balaban J connectivity index is 1.68. The number of aromatic nitrogens is 2. The lowest BCUT2D eigenvalue weighted by Crippen LogP contribution is -2.13. The molecule has 1 N–H and O–H groups in total. The Hall–Kier alpha value is -4.00. The minimum atomic E-state index is -0.462. The third kappa shape index (κ3) is 3.34. The number of hydrogen-bond acceptors (Lipinski definition) is 4. The Morgan fingerprint density at radius 2 is 1.79 bits per heavy atom. The lowest BCUT2D eigenvalue weighted by atomic mass is 10.1. The van der Waals surface area contributed by atoms with Crippen molar-refractivity contribution >= 4 is 28.3 Å². The van der Waals surface area contributed by atoms with E-state index in [1.807, 2.05) is 47.9 Å². The van der Waals surface area contributed by atoms with Gasteiger partial charge in [0.05, 0.1) is 27.2 Å². The first-order valence-corrected chi connectivity index (χ1v) is 9.05. The fourth-order valence-corrected chi connectivity index (χ4v) is 3.40. The molecule has 0 unspecified atom stereocenters. The summed E-state index contributed by atoms with van der Waals surface area (Å²) in [6, 6.07) is 19.8. The molecule has 7 nitrogen and oxygen atoms in total. The van der Waals surface area contributed by atoms with E-state index in [1.165, 1.54) is 6.07 Å². The van der Waals surface area contributed by atoms with Gasteiger partial charge < -0.3 is 5.32 Å². The number of aryl methyl sites for hydroxylation is 1. The van der Waals surface area contributed by atoms with Gasteiger partial charge in [0.2, 0.25) is 0 Å². The van der Waals surface area contributed by atoms with Crippen LogP contribution in [0.1, 0.15) is 21.7 Å². The first-order valence-electron chi connectivity index (χ1n) is 9.05. The molecule has 1 amide bonds. The van der Waals surface area contributed by atoms with E-state index in [9.17, 15) is 14.9 Å². The third-order valence-corrected chi connectivity index (χ3v) is 4.85. The number of imidazole rings is 1. The number of nitrogens with zero attached hydrogens (tertiary/aromatic N) is 3. The highest BCUT2D eigenvalue weighted by atomic mass is 16.6. The van der Waals surface area contributed by atoms with Crippen LogP contribution in [0.4, 0.5) is 11.4 Å². The van der Waals surface area contributed by atoms with E-state index in [-0.39, 0.29) is 11.6 Å². The van der Waals surface area contributed by atoms with Gasteiger partial charge in [-0.3, -0.25) is 19.5 Å². The standard InChI is InChI=1S/C22H18N4O3/c1-14-18(9-6-10-20(14)26(28)29)24-22(27)16-11-12-21-19(13-16)23-15(2)25(21)17-7-4-3-5-8-17/h3-13H,1-2H3,(H,24,27). The highest BCUT2D eigenvalue weighted by Gasteiger charge is 2.17. The molecular weight excluding hydrogens is 368 g/mol. The first kappa shape index (κ1) is 18.4. The predicted octanol–water partition coefficient (Wildman–Crippen LogP) is 4.80. The van der Waals surface area contributed by atoms with E-state index in [0.29, 0.717) is 22.3 Å². The van der Waals surface area contributed by atoms with Crippen LogP contribution in [-0.2, 0) is 0 Å². The molecule has 4 rings (SSSR count). The number of anilines is 1. The molecular formula is C22H18N4O3. The molecule has 29 heavy (non-hydrogen) atoms. The maximum Gasteiger partial charge on any atom is 0.274 e. The lowest BCUT2D eigenvalue weighted by Gasteiger charge is -2.09. The van der Waals surface area contributed by atoms with Crippen molar-refractivity contribution in [3.63, 3.8) is 0 Å². The van der Waals surface area contributed by atoms with Crippen LogP contribution in [0.2, 0.25) is 0 Å². The van der Waals surface area contributed by atoms with Gasteiger partial charge in [0, 0.05) is 17.3 Å². The summed E-state index contributed by atoms with van der Waals surface area (Å²) >= 11 is 0. The van der Waals surface area contributed by atoms with Crippen molar-refractivity contribution in [1.29, 1.82) is 0 Å². The van der Waals surface area contributed by atoms with E-state index >= 15 is 0 Å². The molecule has 0 spiro atoms. The summed E-state index contributed by atoms with van der Waals surface area (Å²) in [5.74, 6) is 0.473. The van der Waals surface area contributed by atoms with Gasteiger partial charge in [0.15, 0.2) is 0 Å². The number of nitro groups is 1. The van der Waals surface area contributed by atoms with Crippen LogP contribution in [0, 0.1) is 24.0 Å². The van der Waals surface area contributed by atoms with Crippen LogP contribution < -0.4 is 5.32 Å².